The first kappa shape index (κ1) is 17.6. The molecule has 0 atom stereocenters. The SMILES string of the molecule is O=C(Nc1ccc2sc(NC(=O)C3CCCCC3)nc2c1)c1ccncc1. The predicted molar refractivity (Wildman–Crippen MR) is 107 cm³/mol. The maximum atomic E-state index is 12.4. The van der Waals surface area contributed by atoms with E-state index in [2.05, 4.69) is 20.6 Å². The van der Waals surface area contributed by atoms with Gasteiger partial charge in [0, 0.05) is 29.6 Å². The molecule has 7 heteroatoms. The van der Waals surface area contributed by atoms with E-state index in [1.165, 1.54) is 17.8 Å². The van der Waals surface area contributed by atoms with Crippen LogP contribution in [0.5, 0.6) is 0 Å². The normalized spacial score (nSPS) is 14.8. The van der Waals surface area contributed by atoms with E-state index in [1.807, 2.05) is 18.2 Å². The molecule has 2 N–H and O–H groups in total. The molecule has 3 aromatic rings. The van der Waals surface area contributed by atoms with E-state index in [-0.39, 0.29) is 17.7 Å². The van der Waals surface area contributed by atoms with Crippen LogP contribution in [-0.4, -0.2) is 21.8 Å². The van der Waals surface area contributed by atoms with Crippen molar-refractivity contribution in [3.63, 3.8) is 0 Å². The lowest BCUT2D eigenvalue weighted by Crippen LogP contribution is -2.24. The number of hydrogen-bond acceptors (Lipinski definition) is 5. The van der Waals surface area contributed by atoms with E-state index in [9.17, 15) is 9.59 Å². The van der Waals surface area contributed by atoms with Gasteiger partial charge in [0.25, 0.3) is 5.91 Å². The summed E-state index contributed by atoms with van der Waals surface area (Å²) in [4.78, 5) is 33.1. The highest BCUT2D eigenvalue weighted by Crippen LogP contribution is 2.30. The van der Waals surface area contributed by atoms with Gasteiger partial charge in [-0.25, -0.2) is 4.98 Å². The van der Waals surface area contributed by atoms with Crippen LogP contribution in [0.2, 0.25) is 0 Å². The largest absolute Gasteiger partial charge is 0.322 e. The smallest absolute Gasteiger partial charge is 0.255 e. The Bertz CT molecular complexity index is 965. The fourth-order valence-corrected chi connectivity index (χ4v) is 4.19. The number of anilines is 2. The van der Waals surface area contributed by atoms with Gasteiger partial charge in [0.1, 0.15) is 0 Å². The number of thiazole rings is 1. The van der Waals surface area contributed by atoms with E-state index < -0.39 is 0 Å². The molecule has 0 spiro atoms. The molecule has 1 aliphatic carbocycles. The molecule has 138 valence electrons. The minimum atomic E-state index is -0.196. The molecule has 1 aromatic carbocycles. The summed E-state index contributed by atoms with van der Waals surface area (Å²) < 4.78 is 0.968. The van der Waals surface area contributed by atoms with Gasteiger partial charge in [0.2, 0.25) is 5.91 Å². The lowest BCUT2D eigenvalue weighted by atomic mass is 9.89. The summed E-state index contributed by atoms with van der Waals surface area (Å²) in [5, 5.41) is 6.43. The van der Waals surface area contributed by atoms with Crippen LogP contribution in [0.3, 0.4) is 0 Å². The summed E-state index contributed by atoms with van der Waals surface area (Å²) in [5.41, 5.74) is 1.97. The Morgan fingerprint density at radius 1 is 1.00 bits per heavy atom. The van der Waals surface area contributed by atoms with Gasteiger partial charge in [-0.05, 0) is 43.2 Å². The lowest BCUT2D eigenvalue weighted by molar-refractivity contribution is -0.120. The second-order valence-electron chi connectivity index (χ2n) is 6.72. The van der Waals surface area contributed by atoms with Crippen LogP contribution < -0.4 is 10.6 Å². The number of carbonyl (C=O) groups excluding carboxylic acids is 2. The zero-order valence-electron chi connectivity index (χ0n) is 14.8. The number of rotatable bonds is 4. The van der Waals surface area contributed by atoms with Crippen molar-refractivity contribution in [2.45, 2.75) is 32.1 Å². The number of nitrogens with one attached hydrogen (secondary N) is 2. The highest BCUT2D eigenvalue weighted by molar-refractivity contribution is 7.22. The van der Waals surface area contributed by atoms with Gasteiger partial charge in [0.05, 0.1) is 10.2 Å². The van der Waals surface area contributed by atoms with Gasteiger partial charge in [-0.1, -0.05) is 30.6 Å². The molecule has 0 aliphatic heterocycles. The number of benzene rings is 1. The van der Waals surface area contributed by atoms with E-state index in [0.29, 0.717) is 16.4 Å². The molecule has 0 bridgehead atoms. The first-order valence-corrected chi connectivity index (χ1v) is 9.93. The molecule has 4 rings (SSSR count). The summed E-state index contributed by atoms with van der Waals surface area (Å²) in [6.45, 7) is 0. The molecular weight excluding hydrogens is 360 g/mol. The highest BCUT2D eigenvalue weighted by Gasteiger charge is 2.22. The molecule has 1 aliphatic rings. The van der Waals surface area contributed by atoms with Crippen molar-refractivity contribution in [1.82, 2.24) is 9.97 Å². The van der Waals surface area contributed by atoms with Gasteiger partial charge in [-0.2, -0.15) is 0 Å². The second-order valence-corrected chi connectivity index (χ2v) is 7.75. The Kier molecular flexibility index (Phi) is 5.11. The molecule has 0 radical (unpaired) electrons. The average Bonchev–Trinajstić information content (AvgIpc) is 3.10. The second kappa shape index (κ2) is 7.84. The third-order valence-corrected chi connectivity index (χ3v) is 5.75. The quantitative estimate of drug-likeness (QED) is 0.700. The van der Waals surface area contributed by atoms with Crippen molar-refractivity contribution in [1.29, 1.82) is 0 Å². The van der Waals surface area contributed by atoms with E-state index in [4.69, 9.17) is 0 Å². The van der Waals surface area contributed by atoms with Crippen LogP contribution >= 0.6 is 11.3 Å². The average molecular weight is 380 g/mol. The third-order valence-electron chi connectivity index (χ3n) is 4.79. The molecule has 27 heavy (non-hydrogen) atoms. The van der Waals surface area contributed by atoms with Crippen molar-refractivity contribution in [2.24, 2.45) is 5.92 Å². The summed E-state index contributed by atoms with van der Waals surface area (Å²) in [6.07, 6.45) is 8.55. The minimum absolute atomic E-state index is 0.0694. The molecule has 0 unspecified atom stereocenters. The van der Waals surface area contributed by atoms with Crippen LogP contribution in [0.4, 0.5) is 10.8 Å². The Labute approximate surface area is 161 Å². The first-order chi connectivity index (χ1) is 13.2. The number of pyridine rings is 1. The number of fused-ring (bicyclic) bond motifs is 1. The van der Waals surface area contributed by atoms with Gasteiger partial charge in [-0.3, -0.25) is 14.6 Å². The highest BCUT2D eigenvalue weighted by atomic mass is 32.1. The summed E-state index contributed by atoms with van der Waals surface area (Å²) in [5.74, 6) is -0.0289. The van der Waals surface area contributed by atoms with Gasteiger partial charge < -0.3 is 10.6 Å². The van der Waals surface area contributed by atoms with Gasteiger partial charge in [-0.15, -0.1) is 0 Å². The van der Waals surface area contributed by atoms with E-state index in [0.717, 1.165) is 35.9 Å². The zero-order chi connectivity index (χ0) is 18.6. The zero-order valence-corrected chi connectivity index (χ0v) is 15.6. The molecular formula is C20H20N4O2S. The topological polar surface area (TPSA) is 84.0 Å². The monoisotopic (exact) mass is 380 g/mol. The molecule has 1 fully saturated rings. The maximum Gasteiger partial charge on any atom is 0.255 e. The van der Waals surface area contributed by atoms with E-state index >= 15 is 0 Å². The minimum Gasteiger partial charge on any atom is -0.322 e. The van der Waals surface area contributed by atoms with Crippen molar-refractivity contribution in [3.8, 4) is 0 Å². The Morgan fingerprint density at radius 3 is 2.56 bits per heavy atom. The van der Waals surface area contributed by atoms with Crippen molar-refractivity contribution >= 4 is 44.2 Å². The van der Waals surface area contributed by atoms with Gasteiger partial charge >= 0.3 is 0 Å². The van der Waals surface area contributed by atoms with Crippen LogP contribution in [0.15, 0.2) is 42.7 Å². The number of hydrogen-bond donors (Lipinski definition) is 2. The van der Waals surface area contributed by atoms with Gasteiger partial charge in [0.15, 0.2) is 5.13 Å². The molecule has 2 amide bonds. The van der Waals surface area contributed by atoms with E-state index in [1.54, 1.807) is 24.5 Å². The number of nitrogens with zero attached hydrogens (tertiary/aromatic N) is 2. The van der Waals surface area contributed by atoms with Crippen molar-refractivity contribution in [2.75, 3.05) is 10.6 Å². The van der Waals surface area contributed by atoms with Crippen LogP contribution in [0, 0.1) is 5.92 Å². The summed E-state index contributed by atoms with van der Waals surface area (Å²) >= 11 is 1.45. The summed E-state index contributed by atoms with van der Waals surface area (Å²) in [6, 6.07) is 8.89. The molecule has 1 saturated carbocycles. The van der Waals surface area contributed by atoms with Crippen LogP contribution in [0.25, 0.3) is 10.2 Å². The van der Waals surface area contributed by atoms with Crippen molar-refractivity contribution in [3.05, 3.63) is 48.3 Å². The fourth-order valence-electron chi connectivity index (χ4n) is 3.34. The Hall–Kier alpha value is -2.80. The standard InChI is InChI=1S/C20H20N4O2S/c25-18(14-8-10-21-11-9-14)22-15-6-7-17-16(12-15)23-20(27-17)24-19(26)13-4-2-1-3-5-13/h6-13H,1-5H2,(H,22,25)(H,23,24,26). The number of aromatic nitrogens is 2. The molecule has 6 nitrogen and oxygen atoms in total. The summed E-state index contributed by atoms with van der Waals surface area (Å²) in [7, 11) is 0. The Morgan fingerprint density at radius 2 is 1.78 bits per heavy atom. The lowest BCUT2D eigenvalue weighted by Gasteiger charge is -2.19. The Balaban J connectivity index is 1.46. The van der Waals surface area contributed by atoms with Crippen LogP contribution in [0.1, 0.15) is 42.5 Å². The maximum absolute atomic E-state index is 12.4. The fraction of sp³-hybridized carbons (Fsp3) is 0.300. The first-order valence-electron chi connectivity index (χ1n) is 9.12. The predicted octanol–water partition coefficient (Wildman–Crippen LogP) is 4.46. The molecule has 2 aromatic heterocycles. The third kappa shape index (κ3) is 4.14. The number of carbonyl (C=O) groups is 2. The number of amides is 2. The van der Waals surface area contributed by atoms with Crippen LogP contribution in [-0.2, 0) is 4.79 Å². The molecule has 2 heterocycles. The van der Waals surface area contributed by atoms with Crippen molar-refractivity contribution < 1.29 is 9.59 Å². The molecule has 0 saturated heterocycles.